The van der Waals surface area contributed by atoms with Crippen LogP contribution in [0.4, 0.5) is 11.4 Å². The van der Waals surface area contributed by atoms with Crippen LogP contribution in [-0.4, -0.2) is 36.5 Å². The largest absolute Gasteiger partial charge is 0.493 e. The summed E-state index contributed by atoms with van der Waals surface area (Å²) in [5.41, 5.74) is 4.24. The molecule has 3 N–H and O–H groups in total. The van der Waals surface area contributed by atoms with Gasteiger partial charge in [0.2, 0.25) is 11.8 Å². The molecule has 3 rings (SSSR count). The third kappa shape index (κ3) is 4.95. The van der Waals surface area contributed by atoms with Crippen molar-refractivity contribution >= 4 is 40.1 Å². The molecule has 146 valence electrons. The number of carbonyl (C=O) groups is 2. The van der Waals surface area contributed by atoms with Crippen molar-refractivity contribution in [2.24, 2.45) is 5.10 Å². The fourth-order valence-corrected chi connectivity index (χ4v) is 3.44. The van der Waals surface area contributed by atoms with Gasteiger partial charge in [0.25, 0.3) is 0 Å². The summed E-state index contributed by atoms with van der Waals surface area (Å²) in [6.45, 7) is 0. The second-order valence-electron chi connectivity index (χ2n) is 5.81. The fraction of sp³-hybridized carbons (Fsp3) is 0.211. The Hall–Kier alpha value is -3.20. The van der Waals surface area contributed by atoms with E-state index in [1.807, 2.05) is 30.3 Å². The minimum absolute atomic E-state index is 0.0230. The lowest BCUT2D eigenvalue weighted by atomic mass is 10.2. The van der Waals surface area contributed by atoms with E-state index in [1.54, 1.807) is 18.2 Å². The number of amides is 2. The fourth-order valence-electron chi connectivity index (χ4n) is 2.51. The standard InChI is InChI=1S/C19H20N4O4S/c1-26-14-9-8-13(10-15(14)27-2)20-17(24)11-16-18(25)21-19(28-16)23-22-12-6-4-3-5-7-12/h3-10,16,22H,11H2,1-2H3,(H,20,24)(H,21,23,25)/t16-/m0/s1. The Balaban J connectivity index is 1.56. The van der Waals surface area contributed by atoms with Crippen LogP contribution in [0.25, 0.3) is 0 Å². The van der Waals surface area contributed by atoms with Crippen LogP contribution in [0.5, 0.6) is 11.5 Å². The smallest absolute Gasteiger partial charge is 0.240 e. The first kappa shape index (κ1) is 19.6. The molecule has 1 saturated heterocycles. The van der Waals surface area contributed by atoms with Crippen LogP contribution < -0.4 is 25.5 Å². The number of anilines is 2. The molecular weight excluding hydrogens is 380 g/mol. The van der Waals surface area contributed by atoms with Crippen molar-refractivity contribution in [2.75, 3.05) is 25.0 Å². The van der Waals surface area contributed by atoms with Crippen molar-refractivity contribution in [3.63, 3.8) is 0 Å². The minimum atomic E-state index is -0.545. The van der Waals surface area contributed by atoms with Crippen LogP contribution in [0, 0.1) is 0 Å². The monoisotopic (exact) mass is 400 g/mol. The summed E-state index contributed by atoms with van der Waals surface area (Å²) in [4.78, 5) is 24.4. The number of methoxy groups -OCH3 is 2. The first-order valence-electron chi connectivity index (χ1n) is 8.47. The Morgan fingerprint density at radius 3 is 2.57 bits per heavy atom. The summed E-state index contributed by atoms with van der Waals surface area (Å²) in [6, 6.07) is 14.4. The van der Waals surface area contributed by atoms with E-state index in [0.29, 0.717) is 22.4 Å². The Kier molecular flexibility index (Phi) is 6.38. The summed E-state index contributed by atoms with van der Waals surface area (Å²) in [5.74, 6) is 0.547. The maximum Gasteiger partial charge on any atom is 0.240 e. The van der Waals surface area contributed by atoms with Gasteiger partial charge in [0.15, 0.2) is 16.7 Å². The number of rotatable bonds is 7. The topological polar surface area (TPSA) is 101 Å². The van der Waals surface area contributed by atoms with Gasteiger partial charge in [0, 0.05) is 18.2 Å². The van der Waals surface area contributed by atoms with Crippen molar-refractivity contribution in [3.05, 3.63) is 48.5 Å². The van der Waals surface area contributed by atoms with Gasteiger partial charge in [-0.3, -0.25) is 15.0 Å². The third-order valence-electron chi connectivity index (χ3n) is 3.87. The number of nitrogens with one attached hydrogen (secondary N) is 3. The SMILES string of the molecule is COc1ccc(NC(=O)C[C@@H]2S/C(=N/Nc3ccccc3)NC2=O)cc1OC. The highest BCUT2D eigenvalue weighted by atomic mass is 32.2. The molecular formula is C19H20N4O4S. The Morgan fingerprint density at radius 2 is 1.86 bits per heavy atom. The predicted octanol–water partition coefficient (Wildman–Crippen LogP) is 2.65. The highest BCUT2D eigenvalue weighted by Crippen LogP contribution is 2.30. The molecule has 0 spiro atoms. The Labute approximate surface area is 166 Å². The highest BCUT2D eigenvalue weighted by molar-refractivity contribution is 8.15. The quantitative estimate of drug-likeness (QED) is 0.618. The molecule has 0 unspecified atom stereocenters. The predicted molar refractivity (Wildman–Crippen MR) is 110 cm³/mol. The molecule has 2 amide bonds. The number of para-hydroxylation sites is 1. The molecule has 0 radical (unpaired) electrons. The third-order valence-corrected chi connectivity index (χ3v) is 4.96. The first-order valence-corrected chi connectivity index (χ1v) is 9.35. The van der Waals surface area contributed by atoms with Gasteiger partial charge >= 0.3 is 0 Å². The van der Waals surface area contributed by atoms with Crippen molar-refractivity contribution in [3.8, 4) is 11.5 Å². The van der Waals surface area contributed by atoms with E-state index >= 15 is 0 Å². The van der Waals surface area contributed by atoms with Gasteiger partial charge in [0.1, 0.15) is 5.25 Å². The van der Waals surface area contributed by atoms with Crippen LogP contribution in [0.15, 0.2) is 53.6 Å². The summed E-state index contributed by atoms with van der Waals surface area (Å²) in [5, 5.41) is 9.48. The van der Waals surface area contributed by atoms with Crippen molar-refractivity contribution in [1.82, 2.24) is 5.32 Å². The van der Waals surface area contributed by atoms with Gasteiger partial charge in [-0.25, -0.2) is 0 Å². The van der Waals surface area contributed by atoms with Crippen LogP contribution in [0.2, 0.25) is 0 Å². The second kappa shape index (κ2) is 9.14. The maximum absolute atomic E-state index is 12.3. The number of hydrogen-bond donors (Lipinski definition) is 3. The van der Waals surface area contributed by atoms with Crippen molar-refractivity contribution in [1.29, 1.82) is 0 Å². The lowest BCUT2D eigenvalue weighted by molar-refractivity contribution is -0.122. The number of hydrazone groups is 1. The number of hydrogen-bond acceptors (Lipinski definition) is 7. The number of thioether (sulfide) groups is 1. The lowest BCUT2D eigenvalue weighted by Gasteiger charge is -2.11. The molecule has 1 atom stereocenters. The van der Waals surface area contributed by atoms with Gasteiger partial charge in [-0.15, -0.1) is 5.10 Å². The Bertz CT molecular complexity index is 889. The zero-order chi connectivity index (χ0) is 19.9. The molecule has 1 aliphatic rings. The van der Waals surface area contributed by atoms with E-state index < -0.39 is 5.25 Å². The average molecular weight is 400 g/mol. The number of benzene rings is 2. The van der Waals surface area contributed by atoms with Crippen molar-refractivity contribution < 1.29 is 19.1 Å². The van der Waals surface area contributed by atoms with Crippen LogP contribution in [0.3, 0.4) is 0 Å². The first-order chi connectivity index (χ1) is 13.6. The average Bonchev–Trinajstić information content (AvgIpc) is 3.06. The minimum Gasteiger partial charge on any atom is -0.493 e. The molecule has 0 aliphatic carbocycles. The van der Waals surface area contributed by atoms with Gasteiger partial charge in [0.05, 0.1) is 19.9 Å². The number of nitrogens with zero attached hydrogens (tertiary/aromatic N) is 1. The molecule has 1 fully saturated rings. The zero-order valence-electron chi connectivity index (χ0n) is 15.4. The van der Waals surface area contributed by atoms with Crippen molar-refractivity contribution in [2.45, 2.75) is 11.7 Å². The van der Waals surface area contributed by atoms with Gasteiger partial charge in [-0.05, 0) is 24.3 Å². The molecule has 2 aromatic carbocycles. The van der Waals surface area contributed by atoms with Crippen LogP contribution in [-0.2, 0) is 9.59 Å². The van der Waals surface area contributed by atoms with E-state index in [-0.39, 0.29) is 18.2 Å². The number of carbonyl (C=O) groups excluding carboxylic acids is 2. The molecule has 2 aromatic rings. The molecule has 0 aromatic heterocycles. The number of ether oxygens (including phenoxy) is 2. The maximum atomic E-state index is 12.3. The molecule has 9 heteroatoms. The molecule has 1 heterocycles. The summed E-state index contributed by atoms with van der Waals surface area (Å²) < 4.78 is 10.4. The van der Waals surface area contributed by atoms with Gasteiger partial charge in [-0.2, -0.15) is 0 Å². The van der Waals surface area contributed by atoms with E-state index in [1.165, 1.54) is 26.0 Å². The van der Waals surface area contributed by atoms with E-state index in [4.69, 9.17) is 9.47 Å². The van der Waals surface area contributed by atoms with Crippen LogP contribution in [0.1, 0.15) is 6.42 Å². The molecule has 8 nitrogen and oxygen atoms in total. The Morgan fingerprint density at radius 1 is 1.11 bits per heavy atom. The highest BCUT2D eigenvalue weighted by Gasteiger charge is 2.32. The molecule has 28 heavy (non-hydrogen) atoms. The number of amidine groups is 1. The lowest BCUT2D eigenvalue weighted by Crippen LogP contribution is -2.28. The zero-order valence-corrected chi connectivity index (χ0v) is 16.2. The summed E-state index contributed by atoms with van der Waals surface area (Å²) in [7, 11) is 3.06. The van der Waals surface area contributed by atoms with E-state index in [9.17, 15) is 9.59 Å². The van der Waals surface area contributed by atoms with Gasteiger partial charge < -0.3 is 20.1 Å². The molecule has 0 saturated carbocycles. The molecule has 0 bridgehead atoms. The second-order valence-corrected chi connectivity index (χ2v) is 7.00. The molecule has 1 aliphatic heterocycles. The van der Waals surface area contributed by atoms with Gasteiger partial charge in [-0.1, -0.05) is 30.0 Å². The normalized spacial score (nSPS) is 17.1. The van der Waals surface area contributed by atoms with E-state index in [0.717, 1.165) is 5.69 Å². The van der Waals surface area contributed by atoms with Crippen LogP contribution >= 0.6 is 11.8 Å². The van der Waals surface area contributed by atoms with E-state index in [2.05, 4.69) is 21.2 Å². The summed E-state index contributed by atoms with van der Waals surface area (Å²) >= 11 is 1.21. The summed E-state index contributed by atoms with van der Waals surface area (Å²) in [6.07, 6.45) is 0.0230.